The van der Waals surface area contributed by atoms with Gasteiger partial charge < -0.3 is 20.4 Å². The number of hydrogen-bond donors (Lipinski definition) is 3. The van der Waals surface area contributed by atoms with Crippen LogP contribution in [0.15, 0.2) is 48.5 Å². The van der Waals surface area contributed by atoms with Crippen LogP contribution in [0.3, 0.4) is 0 Å². The molecule has 4 rings (SSSR count). The van der Waals surface area contributed by atoms with Crippen molar-refractivity contribution < 1.29 is 19.8 Å². The van der Waals surface area contributed by atoms with Crippen LogP contribution in [-0.4, -0.2) is 41.3 Å². The van der Waals surface area contributed by atoms with E-state index in [2.05, 4.69) is 12.2 Å². The second-order valence-electron chi connectivity index (χ2n) is 9.61. The predicted octanol–water partition coefficient (Wildman–Crippen LogP) is 4.21. The molecule has 6 nitrogen and oxygen atoms in total. The van der Waals surface area contributed by atoms with E-state index in [0.717, 1.165) is 48.1 Å². The van der Waals surface area contributed by atoms with E-state index < -0.39 is 18.1 Å². The van der Waals surface area contributed by atoms with Gasteiger partial charge in [0.15, 0.2) is 0 Å². The first-order valence-corrected chi connectivity index (χ1v) is 12.6. The Kier molecular flexibility index (Phi) is 8.01. The number of hydrogen-bond acceptors (Lipinski definition) is 4. The van der Waals surface area contributed by atoms with Crippen LogP contribution in [0.25, 0.3) is 11.1 Å². The van der Waals surface area contributed by atoms with Crippen LogP contribution in [0.1, 0.15) is 63.5 Å². The third kappa shape index (κ3) is 5.34. The Morgan fingerprint density at radius 2 is 1.79 bits per heavy atom. The number of nitrogens with one attached hydrogen (secondary N) is 1. The lowest BCUT2D eigenvalue weighted by Gasteiger charge is -2.29. The van der Waals surface area contributed by atoms with Crippen molar-refractivity contribution in [2.75, 3.05) is 18.1 Å². The monoisotopic (exact) mass is 464 g/mol. The molecule has 2 amide bonds. The van der Waals surface area contributed by atoms with Crippen LogP contribution in [-0.2, 0) is 9.59 Å². The summed E-state index contributed by atoms with van der Waals surface area (Å²) in [7, 11) is 0. The summed E-state index contributed by atoms with van der Waals surface area (Å²) in [4.78, 5) is 29.1. The minimum Gasteiger partial charge on any atom is -0.396 e. The molecule has 2 aromatic carbocycles. The first-order chi connectivity index (χ1) is 16.5. The summed E-state index contributed by atoms with van der Waals surface area (Å²) < 4.78 is 0. The fraction of sp³-hybridized carbons (Fsp3) is 0.500. The lowest BCUT2D eigenvalue weighted by atomic mass is 9.90. The molecule has 3 N–H and O–H groups in total. The smallest absolute Gasteiger partial charge is 0.254 e. The average molecular weight is 465 g/mol. The first kappa shape index (κ1) is 24.4. The highest BCUT2D eigenvalue weighted by atomic mass is 16.3. The van der Waals surface area contributed by atoms with Gasteiger partial charge in [-0.1, -0.05) is 75.1 Å². The van der Waals surface area contributed by atoms with E-state index in [0.29, 0.717) is 31.7 Å². The Morgan fingerprint density at radius 3 is 2.50 bits per heavy atom. The number of anilines is 1. The molecule has 0 saturated heterocycles. The molecule has 0 radical (unpaired) electrons. The van der Waals surface area contributed by atoms with Gasteiger partial charge in [-0.05, 0) is 42.4 Å². The molecule has 0 bridgehead atoms. The van der Waals surface area contributed by atoms with Crippen LogP contribution in [0.4, 0.5) is 5.69 Å². The number of fused-ring (bicyclic) bond motifs is 3. The molecule has 0 spiro atoms. The van der Waals surface area contributed by atoms with Gasteiger partial charge in [0.2, 0.25) is 5.91 Å². The lowest BCUT2D eigenvalue weighted by Crippen LogP contribution is -2.46. The Hall–Kier alpha value is -2.70. The molecular formula is C28H36N2O4. The van der Waals surface area contributed by atoms with Crippen LogP contribution in [0.2, 0.25) is 0 Å². The number of amides is 2. The summed E-state index contributed by atoms with van der Waals surface area (Å²) in [6.45, 7) is 2.41. The molecule has 0 aromatic heterocycles. The normalized spacial score (nSPS) is 19.1. The number of carbonyl (C=O) groups excluding carboxylic acids is 2. The summed E-state index contributed by atoms with van der Waals surface area (Å²) in [6.07, 6.45) is 5.00. The van der Waals surface area contributed by atoms with Crippen LogP contribution in [0.5, 0.6) is 0 Å². The van der Waals surface area contributed by atoms with Crippen molar-refractivity contribution >= 4 is 17.5 Å². The van der Waals surface area contributed by atoms with Crippen molar-refractivity contribution in [1.29, 1.82) is 0 Å². The second-order valence-corrected chi connectivity index (χ2v) is 9.61. The zero-order chi connectivity index (χ0) is 24.1. The van der Waals surface area contributed by atoms with Gasteiger partial charge in [0.1, 0.15) is 6.04 Å². The number of rotatable bonds is 11. The number of benzene rings is 2. The summed E-state index contributed by atoms with van der Waals surface area (Å²) in [5.41, 5.74) is 3.38. The summed E-state index contributed by atoms with van der Waals surface area (Å²) in [5.74, 6) is -0.505. The van der Waals surface area contributed by atoms with E-state index in [1.54, 1.807) is 4.90 Å². The minimum absolute atomic E-state index is 0.0248. The minimum atomic E-state index is -0.852. The second kappa shape index (κ2) is 11.2. The zero-order valence-corrected chi connectivity index (χ0v) is 20.0. The standard InChI is InChI=1S/C28H36N2O4/c1-2-3-13-25(32)23(18-19-14-15-19)27(33)29-26-22-11-5-4-9-20(22)21-10-6-7-12-24(21)30(28(26)34)16-8-17-31/h4-7,9-12,19,23,25-26,31-32H,2-3,8,13-18H2,1H3,(H,29,33)/t23-,25+,26?/m1/s1. The SMILES string of the molecule is CCCC[C@H](O)[C@@H](CC1CC1)C(=O)NC1C(=O)N(CCCO)c2ccccc2-c2ccccc21. The summed E-state index contributed by atoms with van der Waals surface area (Å²) in [6, 6.07) is 14.6. The quantitative estimate of drug-likeness (QED) is 0.465. The Balaban J connectivity index is 1.68. The maximum atomic E-state index is 13.9. The van der Waals surface area contributed by atoms with Gasteiger partial charge in [0, 0.05) is 18.7 Å². The number of nitrogens with zero attached hydrogens (tertiary/aromatic N) is 1. The molecule has 6 heteroatoms. The first-order valence-electron chi connectivity index (χ1n) is 12.6. The average Bonchev–Trinajstić information content (AvgIpc) is 3.69. The number of carbonyl (C=O) groups is 2. The Morgan fingerprint density at radius 1 is 1.09 bits per heavy atom. The zero-order valence-electron chi connectivity index (χ0n) is 20.0. The number of para-hydroxylation sites is 1. The van der Waals surface area contributed by atoms with E-state index in [-0.39, 0.29) is 18.4 Å². The molecule has 1 aliphatic carbocycles. The highest BCUT2D eigenvalue weighted by Crippen LogP contribution is 2.41. The van der Waals surface area contributed by atoms with Gasteiger partial charge in [0.05, 0.1) is 17.7 Å². The van der Waals surface area contributed by atoms with Crippen LogP contribution in [0, 0.1) is 11.8 Å². The van der Waals surface area contributed by atoms with E-state index in [4.69, 9.17) is 0 Å². The van der Waals surface area contributed by atoms with Gasteiger partial charge in [-0.25, -0.2) is 0 Å². The van der Waals surface area contributed by atoms with Crippen molar-refractivity contribution in [3.8, 4) is 11.1 Å². The predicted molar refractivity (Wildman–Crippen MR) is 133 cm³/mol. The van der Waals surface area contributed by atoms with E-state index in [1.165, 1.54) is 0 Å². The van der Waals surface area contributed by atoms with Gasteiger partial charge in [-0.15, -0.1) is 0 Å². The number of unbranched alkanes of at least 4 members (excludes halogenated alkanes) is 1. The van der Waals surface area contributed by atoms with Crippen molar-refractivity contribution in [1.82, 2.24) is 5.32 Å². The maximum Gasteiger partial charge on any atom is 0.254 e. The fourth-order valence-electron chi connectivity index (χ4n) is 4.95. The van der Waals surface area contributed by atoms with Gasteiger partial charge in [-0.2, -0.15) is 0 Å². The molecule has 1 saturated carbocycles. The molecule has 1 unspecified atom stereocenters. The Bertz CT molecular complexity index is 1000. The molecule has 2 aromatic rings. The Labute approximate surface area is 202 Å². The lowest BCUT2D eigenvalue weighted by molar-refractivity contribution is -0.133. The van der Waals surface area contributed by atoms with Crippen molar-refractivity contribution in [3.63, 3.8) is 0 Å². The van der Waals surface area contributed by atoms with E-state index in [9.17, 15) is 19.8 Å². The molecule has 1 fully saturated rings. The van der Waals surface area contributed by atoms with Crippen molar-refractivity contribution in [2.24, 2.45) is 11.8 Å². The van der Waals surface area contributed by atoms with E-state index >= 15 is 0 Å². The van der Waals surface area contributed by atoms with Crippen molar-refractivity contribution in [2.45, 2.75) is 64.0 Å². The molecule has 1 aliphatic heterocycles. The van der Waals surface area contributed by atoms with Crippen molar-refractivity contribution in [3.05, 3.63) is 54.1 Å². The third-order valence-corrected chi connectivity index (χ3v) is 7.04. The number of aliphatic hydroxyl groups is 2. The largest absolute Gasteiger partial charge is 0.396 e. The van der Waals surface area contributed by atoms with Gasteiger partial charge in [-0.3, -0.25) is 9.59 Å². The topological polar surface area (TPSA) is 89.9 Å². The summed E-state index contributed by atoms with van der Waals surface area (Å²) >= 11 is 0. The van der Waals surface area contributed by atoms with Crippen LogP contribution < -0.4 is 10.2 Å². The van der Waals surface area contributed by atoms with E-state index in [1.807, 2.05) is 48.5 Å². The molecular weight excluding hydrogens is 428 g/mol. The molecule has 2 aliphatic rings. The molecule has 34 heavy (non-hydrogen) atoms. The third-order valence-electron chi connectivity index (χ3n) is 7.04. The van der Waals surface area contributed by atoms with Crippen LogP contribution >= 0.6 is 0 Å². The highest BCUT2D eigenvalue weighted by molar-refractivity contribution is 6.06. The number of aliphatic hydroxyl groups excluding tert-OH is 2. The van der Waals surface area contributed by atoms with Gasteiger partial charge in [0.25, 0.3) is 5.91 Å². The maximum absolute atomic E-state index is 13.9. The van der Waals surface area contributed by atoms with Gasteiger partial charge >= 0.3 is 0 Å². The summed E-state index contributed by atoms with van der Waals surface area (Å²) in [5, 5.41) is 23.3. The molecule has 1 heterocycles. The molecule has 182 valence electrons. The highest BCUT2D eigenvalue weighted by Gasteiger charge is 2.38. The fourth-order valence-corrected chi connectivity index (χ4v) is 4.95. The molecule has 3 atom stereocenters.